The van der Waals surface area contributed by atoms with Gasteiger partial charge in [-0.3, -0.25) is 0 Å². The molecule has 0 atom stereocenters. The summed E-state index contributed by atoms with van der Waals surface area (Å²) in [5.74, 6) is 0. The maximum atomic E-state index is 4.06. The molecule has 0 amide bonds. The van der Waals surface area contributed by atoms with Crippen LogP contribution in [0.3, 0.4) is 0 Å². The number of rotatable bonds is 6. The van der Waals surface area contributed by atoms with Crippen molar-refractivity contribution in [3.63, 3.8) is 0 Å². The van der Waals surface area contributed by atoms with E-state index in [1.54, 1.807) is 0 Å². The first kappa shape index (κ1) is 23.2. The fraction of sp³-hybridized carbons (Fsp3) is 0.478. The zero-order chi connectivity index (χ0) is 19.1. The van der Waals surface area contributed by atoms with E-state index in [0.29, 0.717) is 0 Å². The number of hydrogen-bond donors (Lipinski definition) is 1. The number of para-hydroxylation sites is 1. The Morgan fingerprint density at radius 1 is 1.12 bits per heavy atom. The van der Waals surface area contributed by atoms with Gasteiger partial charge in [0.25, 0.3) is 0 Å². The highest BCUT2D eigenvalue weighted by Crippen LogP contribution is 2.32. The number of nitrogens with one attached hydrogen (secondary N) is 1. The van der Waals surface area contributed by atoms with Gasteiger partial charge in [0.05, 0.1) is 0 Å². The van der Waals surface area contributed by atoms with Gasteiger partial charge in [-0.25, -0.2) is 0 Å². The lowest BCUT2D eigenvalue weighted by molar-refractivity contribution is 0.715. The van der Waals surface area contributed by atoms with Crippen LogP contribution in [0.5, 0.6) is 0 Å². The summed E-state index contributed by atoms with van der Waals surface area (Å²) in [6.07, 6.45) is 9.65. The van der Waals surface area contributed by atoms with Crippen molar-refractivity contribution in [3.8, 4) is 0 Å². The lowest BCUT2D eigenvalue weighted by atomic mass is 10.0. The van der Waals surface area contributed by atoms with E-state index in [9.17, 15) is 0 Å². The van der Waals surface area contributed by atoms with Gasteiger partial charge >= 0.3 is 0 Å². The largest absolute Gasteiger partial charge is 0.341 e. The molecule has 25 heavy (non-hydrogen) atoms. The predicted molar refractivity (Wildman–Crippen MR) is 115 cm³/mol. The number of nitrogens with zero attached hydrogens (tertiary/aromatic N) is 1. The smallest absolute Gasteiger partial charge is 0.0443 e. The Bertz CT molecular complexity index is 541. The standard InChI is InChI=1S/C19H26N2.2C2H6/c1-4-9-16-12-13-17-10-6-7-11-19(17)21(18(16)5-2)15-8-14-20-3;2*1-2/h4-7,9-11,20H,2,8,12-15H2,1,3H3;2*1-2H3/b9-4-;;. The Labute approximate surface area is 156 Å². The summed E-state index contributed by atoms with van der Waals surface area (Å²) in [5.41, 5.74) is 5.41. The van der Waals surface area contributed by atoms with Crippen LogP contribution in [-0.2, 0) is 6.42 Å². The zero-order valence-electron chi connectivity index (χ0n) is 17.2. The zero-order valence-corrected chi connectivity index (χ0v) is 17.2. The first-order valence-electron chi connectivity index (χ1n) is 9.80. The second kappa shape index (κ2) is 14.5. The van der Waals surface area contributed by atoms with Gasteiger partial charge < -0.3 is 10.2 Å². The molecule has 1 aromatic rings. The summed E-state index contributed by atoms with van der Waals surface area (Å²) >= 11 is 0. The molecule has 0 unspecified atom stereocenters. The summed E-state index contributed by atoms with van der Waals surface area (Å²) in [4.78, 5) is 2.43. The van der Waals surface area contributed by atoms with Crippen molar-refractivity contribution in [2.24, 2.45) is 0 Å². The number of hydrogen-bond acceptors (Lipinski definition) is 2. The molecule has 0 bridgehead atoms. The van der Waals surface area contributed by atoms with Gasteiger partial charge in [0.2, 0.25) is 0 Å². The second-order valence-electron chi connectivity index (χ2n) is 5.35. The minimum Gasteiger partial charge on any atom is -0.341 e. The predicted octanol–water partition coefficient (Wildman–Crippen LogP) is 6.12. The minimum atomic E-state index is 1.01. The van der Waals surface area contributed by atoms with E-state index < -0.39 is 0 Å². The van der Waals surface area contributed by atoms with Gasteiger partial charge in [-0.05, 0) is 63.1 Å². The molecule has 1 aliphatic heterocycles. The van der Waals surface area contributed by atoms with E-state index in [0.717, 1.165) is 32.4 Å². The molecule has 140 valence electrons. The van der Waals surface area contributed by atoms with Crippen LogP contribution in [0, 0.1) is 0 Å². The van der Waals surface area contributed by atoms with E-state index in [-0.39, 0.29) is 0 Å². The fourth-order valence-corrected chi connectivity index (χ4v) is 2.95. The van der Waals surface area contributed by atoms with Crippen molar-refractivity contribution in [3.05, 3.63) is 65.9 Å². The van der Waals surface area contributed by atoms with Gasteiger partial charge in [0, 0.05) is 17.9 Å². The highest BCUT2D eigenvalue weighted by molar-refractivity contribution is 5.63. The van der Waals surface area contributed by atoms with Crippen LogP contribution in [0.4, 0.5) is 5.69 Å². The van der Waals surface area contributed by atoms with Crippen molar-refractivity contribution in [1.82, 2.24) is 5.32 Å². The summed E-state index contributed by atoms with van der Waals surface area (Å²) in [5, 5.41) is 3.23. The molecule has 1 heterocycles. The third-order valence-corrected chi connectivity index (χ3v) is 3.94. The van der Waals surface area contributed by atoms with Gasteiger partial charge in [-0.15, -0.1) is 0 Å². The Hall–Kier alpha value is -1.80. The molecule has 2 nitrogen and oxygen atoms in total. The Morgan fingerprint density at radius 3 is 2.40 bits per heavy atom. The Balaban J connectivity index is 0.00000134. The number of benzene rings is 1. The van der Waals surface area contributed by atoms with Crippen LogP contribution in [0.1, 0.15) is 53.0 Å². The average molecular weight is 343 g/mol. The van der Waals surface area contributed by atoms with E-state index in [1.807, 2.05) is 40.8 Å². The normalized spacial score (nSPS) is 13.3. The molecule has 0 saturated carbocycles. The highest BCUT2D eigenvalue weighted by Gasteiger charge is 2.19. The molecule has 0 spiro atoms. The number of anilines is 1. The molecule has 0 aliphatic carbocycles. The fourth-order valence-electron chi connectivity index (χ4n) is 2.95. The molecule has 0 aromatic heterocycles. The maximum Gasteiger partial charge on any atom is 0.0443 e. The van der Waals surface area contributed by atoms with E-state index >= 15 is 0 Å². The van der Waals surface area contributed by atoms with Gasteiger partial charge in [-0.1, -0.05) is 64.6 Å². The number of allylic oxidation sites excluding steroid dienone is 4. The molecule has 0 radical (unpaired) electrons. The van der Waals surface area contributed by atoms with Crippen LogP contribution in [0.25, 0.3) is 0 Å². The Morgan fingerprint density at radius 2 is 1.80 bits per heavy atom. The van der Waals surface area contributed by atoms with Crippen molar-refractivity contribution < 1.29 is 0 Å². The van der Waals surface area contributed by atoms with Crippen molar-refractivity contribution in [2.45, 2.75) is 53.9 Å². The highest BCUT2D eigenvalue weighted by atomic mass is 15.1. The lowest BCUT2D eigenvalue weighted by Gasteiger charge is -2.27. The quantitative estimate of drug-likeness (QED) is 0.627. The van der Waals surface area contributed by atoms with Crippen molar-refractivity contribution in [1.29, 1.82) is 0 Å². The van der Waals surface area contributed by atoms with Crippen molar-refractivity contribution in [2.75, 3.05) is 25.0 Å². The molecule has 0 saturated heterocycles. The molecular weight excluding hydrogens is 304 g/mol. The van der Waals surface area contributed by atoms with Crippen LogP contribution in [0.15, 0.2) is 60.3 Å². The molecule has 2 rings (SSSR count). The minimum absolute atomic E-state index is 1.01. The second-order valence-corrected chi connectivity index (χ2v) is 5.35. The summed E-state index contributed by atoms with van der Waals surface area (Å²) in [6.45, 7) is 16.2. The van der Waals surface area contributed by atoms with E-state index in [2.05, 4.69) is 60.1 Å². The molecule has 2 heteroatoms. The summed E-state index contributed by atoms with van der Waals surface area (Å²) < 4.78 is 0. The third-order valence-electron chi connectivity index (χ3n) is 3.94. The van der Waals surface area contributed by atoms with Gasteiger partial charge in [0.15, 0.2) is 0 Å². The van der Waals surface area contributed by atoms with E-state index in [1.165, 1.54) is 22.5 Å². The van der Waals surface area contributed by atoms with Gasteiger partial charge in [0.1, 0.15) is 0 Å². The summed E-state index contributed by atoms with van der Waals surface area (Å²) in [6, 6.07) is 8.75. The lowest BCUT2D eigenvalue weighted by Crippen LogP contribution is -2.26. The Kier molecular flexibility index (Phi) is 13.5. The summed E-state index contributed by atoms with van der Waals surface area (Å²) in [7, 11) is 2.01. The van der Waals surface area contributed by atoms with Gasteiger partial charge in [-0.2, -0.15) is 0 Å². The van der Waals surface area contributed by atoms with Crippen molar-refractivity contribution >= 4 is 5.69 Å². The molecule has 1 N–H and O–H groups in total. The molecule has 1 aromatic carbocycles. The SMILES string of the molecule is C=CC1=C(/C=C\C)CCc2ccccc2N1CCCNC.CC.CC. The van der Waals surface area contributed by atoms with E-state index in [4.69, 9.17) is 0 Å². The first-order chi connectivity index (χ1) is 12.3. The monoisotopic (exact) mass is 342 g/mol. The number of aryl methyl sites for hydroxylation is 1. The van der Waals surface area contributed by atoms with Crippen LogP contribution in [0.2, 0.25) is 0 Å². The number of fused-ring (bicyclic) bond motifs is 1. The first-order valence-corrected chi connectivity index (χ1v) is 9.80. The van der Waals surface area contributed by atoms with Crippen LogP contribution >= 0.6 is 0 Å². The maximum absolute atomic E-state index is 4.06. The topological polar surface area (TPSA) is 15.3 Å². The molecule has 1 aliphatic rings. The van der Waals surface area contributed by atoms with Crippen LogP contribution in [-0.4, -0.2) is 20.1 Å². The van der Waals surface area contributed by atoms with Crippen LogP contribution < -0.4 is 10.2 Å². The molecule has 0 fully saturated rings. The average Bonchev–Trinajstić information content (AvgIpc) is 2.83. The third kappa shape index (κ3) is 6.91. The molecular formula is C23H38N2.